The smallest absolute Gasteiger partial charge is 0.271 e. The molecule has 144 valence electrons. The Morgan fingerprint density at radius 3 is 2.85 bits per heavy atom. The molecule has 1 amide bonds. The molecule has 0 spiro atoms. The van der Waals surface area contributed by atoms with Crippen molar-refractivity contribution in [2.24, 2.45) is 5.92 Å². The number of rotatable bonds is 7. The molecule has 6 nitrogen and oxygen atoms in total. The van der Waals surface area contributed by atoms with E-state index in [4.69, 9.17) is 11.6 Å². The number of amides is 1. The van der Waals surface area contributed by atoms with Crippen molar-refractivity contribution in [3.63, 3.8) is 0 Å². The van der Waals surface area contributed by atoms with Crippen molar-refractivity contribution in [1.29, 1.82) is 0 Å². The highest BCUT2D eigenvalue weighted by Crippen LogP contribution is 2.20. The minimum absolute atomic E-state index is 0.204. The van der Waals surface area contributed by atoms with Crippen LogP contribution in [0.15, 0.2) is 6.20 Å². The number of unbranched alkanes of at least 4 members (excludes halogenated alkanes) is 1. The highest BCUT2D eigenvalue weighted by Gasteiger charge is 2.19. The second-order valence-corrected chi connectivity index (χ2v) is 7.98. The zero-order valence-electron chi connectivity index (χ0n) is 15.7. The lowest BCUT2D eigenvalue weighted by Crippen LogP contribution is -2.35. The van der Waals surface area contributed by atoms with Gasteiger partial charge in [0, 0.05) is 26.2 Å². The summed E-state index contributed by atoms with van der Waals surface area (Å²) >= 11 is 6.14. The Kier molecular flexibility index (Phi) is 7.08. The first-order valence-electron chi connectivity index (χ1n) is 9.91. The molecular formula is C19H30ClN5O. The fourth-order valence-corrected chi connectivity index (χ4v) is 4.00. The van der Waals surface area contributed by atoms with E-state index in [0.29, 0.717) is 17.5 Å². The van der Waals surface area contributed by atoms with Crippen LogP contribution in [-0.2, 0) is 0 Å². The van der Waals surface area contributed by atoms with Gasteiger partial charge in [-0.1, -0.05) is 18.5 Å². The maximum Gasteiger partial charge on any atom is 0.271 e. The number of hydrogen-bond acceptors (Lipinski definition) is 5. The van der Waals surface area contributed by atoms with E-state index in [-0.39, 0.29) is 11.6 Å². The van der Waals surface area contributed by atoms with E-state index in [9.17, 15) is 4.79 Å². The van der Waals surface area contributed by atoms with Gasteiger partial charge in [-0.25, -0.2) is 9.97 Å². The topological polar surface area (TPSA) is 61.4 Å². The number of halogens is 1. The molecule has 1 aromatic rings. The molecule has 1 aromatic heterocycles. The summed E-state index contributed by atoms with van der Waals surface area (Å²) < 4.78 is 0. The van der Waals surface area contributed by atoms with Crippen LogP contribution in [0, 0.1) is 5.92 Å². The molecule has 2 saturated heterocycles. The average molecular weight is 380 g/mol. The van der Waals surface area contributed by atoms with E-state index >= 15 is 0 Å². The molecular weight excluding hydrogens is 350 g/mol. The largest absolute Gasteiger partial charge is 0.351 e. The lowest BCUT2D eigenvalue weighted by atomic mass is 10.0. The van der Waals surface area contributed by atoms with Crippen molar-refractivity contribution in [3.05, 3.63) is 16.9 Å². The summed E-state index contributed by atoms with van der Waals surface area (Å²) in [6.07, 6.45) is 8.55. The summed E-state index contributed by atoms with van der Waals surface area (Å²) in [6, 6.07) is 0. The van der Waals surface area contributed by atoms with Crippen molar-refractivity contribution in [1.82, 2.24) is 20.2 Å². The number of hydrogen-bond donors (Lipinski definition) is 1. The minimum Gasteiger partial charge on any atom is -0.351 e. The third kappa shape index (κ3) is 5.30. The highest BCUT2D eigenvalue weighted by molar-refractivity contribution is 6.33. The van der Waals surface area contributed by atoms with Gasteiger partial charge in [-0.2, -0.15) is 0 Å². The Morgan fingerprint density at radius 1 is 1.27 bits per heavy atom. The number of piperidine rings is 1. The molecule has 0 bridgehead atoms. The van der Waals surface area contributed by atoms with E-state index in [1.54, 1.807) is 0 Å². The van der Waals surface area contributed by atoms with Crippen LogP contribution in [0.1, 0.15) is 55.9 Å². The van der Waals surface area contributed by atoms with E-state index < -0.39 is 0 Å². The molecule has 3 heterocycles. The van der Waals surface area contributed by atoms with Crippen LogP contribution in [-0.4, -0.2) is 60.0 Å². The van der Waals surface area contributed by atoms with Crippen molar-refractivity contribution in [2.75, 3.05) is 44.2 Å². The van der Waals surface area contributed by atoms with Crippen LogP contribution in [0.2, 0.25) is 5.02 Å². The Morgan fingerprint density at radius 2 is 2.08 bits per heavy atom. The minimum atomic E-state index is -0.204. The third-order valence-corrected chi connectivity index (χ3v) is 5.54. The quantitative estimate of drug-likeness (QED) is 0.738. The van der Waals surface area contributed by atoms with Crippen molar-refractivity contribution >= 4 is 23.5 Å². The van der Waals surface area contributed by atoms with E-state index in [1.165, 1.54) is 32.1 Å². The Balaban J connectivity index is 1.42. The first-order chi connectivity index (χ1) is 12.6. The second kappa shape index (κ2) is 9.51. The number of carbonyl (C=O) groups is 1. The standard InChI is InChI=1S/C19H30ClN5O/c1-15-7-6-10-24(14-15)9-3-2-8-21-18(26)17-16(20)13-22-19(23-17)25-11-4-5-12-25/h13,15H,2-12,14H2,1H3,(H,21,26). The van der Waals surface area contributed by atoms with Crippen molar-refractivity contribution < 1.29 is 4.79 Å². The van der Waals surface area contributed by atoms with Gasteiger partial charge in [-0.3, -0.25) is 4.79 Å². The SMILES string of the molecule is CC1CCCN(CCCCNC(=O)c2nc(N3CCCC3)ncc2Cl)C1. The maximum absolute atomic E-state index is 12.4. The molecule has 2 fully saturated rings. The molecule has 0 saturated carbocycles. The Hall–Kier alpha value is -1.40. The zero-order chi connectivity index (χ0) is 18.4. The molecule has 7 heteroatoms. The lowest BCUT2D eigenvalue weighted by molar-refractivity contribution is 0.0947. The van der Waals surface area contributed by atoms with Gasteiger partial charge in [0.1, 0.15) is 0 Å². The molecule has 1 N–H and O–H groups in total. The summed E-state index contributed by atoms with van der Waals surface area (Å²) in [7, 11) is 0. The fraction of sp³-hybridized carbons (Fsp3) is 0.737. The summed E-state index contributed by atoms with van der Waals surface area (Å²) in [5.74, 6) is 1.22. The molecule has 1 unspecified atom stereocenters. The monoisotopic (exact) mass is 379 g/mol. The fourth-order valence-electron chi connectivity index (χ4n) is 3.82. The maximum atomic E-state index is 12.4. The van der Waals surface area contributed by atoms with Gasteiger partial charge in [0.15, 0.2) is 5.69 Å². The molecule has 2 aliphatic rings. The van der Waals surface area contributed by atoms with Crippen molar-refractivity contribution in [2.45, 2.75) is 45.4 Å². The number of nitrogens with one attached hydrogen (secondary N) is 1. The molecule has 26 heavy (non-hydrogen) atoms. The summed E-state index contributed by atoms with van der Waals surface area (Å²) in [4.78, 5) is 25.7. The molecule has 1 atom stereocenters. The van der Waals surface area contributed by atoms with Crippen LogP contribution in [0.5, 0.6) is 0 Å². The lowest BCUT2D eigenvalue weighted by Gasteiger charge is -2.30. The van der Waals surface area contributed by atoms with Gasteiger partial charge in [-0.15, -0.1) is 0 Å². The Bertz CT molecular complexity index is 606. The third-order valence-electron chi connectivity index (χ3n) is 5.26. The first-order valence-corrected chi connectivity index (χ1v) is 10.3. The molecule has 2 aliphatic heterocycles. The van der Waals surface area contributed by atoms with Crippen LogP contribution >= 0.6 is 11.6 Å². The van der Waals surface area contributed by atoms with Crippen LogP contribution < -0.4 is 10.2 Å². The van der Waals surface area contributed by atoms with Gasteiger partial charge in [0.25, 0.3) is 5.91 Å². The van der Waals surface area contributed by atoms with Gasteiger partial charge >= 0.3 is 0 Å². The number of likely N-dealkylation sites (tertiary alicyclic amines) is 1. The van der Waals surface area contributed by atoms with E-state index in [2.05, 4.69) is 32.0 Å². The number of carbonyl (C=O) groups excluding carboxylic acids is 1. The average Bonchev–Trinajstić information content (AvgIpc) is 3.16. The zero-order valence-corrected chi connectivity index (χ0v) is 16.5. The van der Waals surface area contributed by atoms with Crippen LogP contribution in [0.25, 0.3) is 0 Å². The van der Waals surface area contributed by atoms with Gasteiger partial charge in [-0.05, 0) is 57.5 Å². The van der Waals surface area contributed by atoms with Crippen LogP contribution in [0.3, 0.4) is 0 Å². The first kappa shape index (κ1) is 19.4. The second-order valence-electron chi connectivity index (χ2n) is 7.57. The number of nitrogens with zero attached hydrogens (tertiary/aromatic N) is 4. The molecule has 0 aliphatic carbocycles. The predicted molar refractivity (Wildman–Crippen MR) is 105 cm³/mol. The van der Waals surface area contributed by atoms with E-state index in [1.807, 2.05) is 0 Å². The number of anilines is 1. The summed E-state index contributed by atoms with van der Waals surface area (Å²) in [5.41, 5.74) is 0.286. The summed E-state index contributed by atoms with van der Waals surface area (Å²) in [6.45, 7) is 8.41. The molecule has 0 aromatic carbocycles. The Labute approximate surface area is 161 Å². The highest BCUT2D eigenvalue weighted by atomic mass is 35.5. The van der Waals surface area contributed by atoms with Crippen LogP contribution in [0.4, 0.5) is 5.95 Å². The van der Waals surface area contributed by atoms with E-state index in [0.717, 1.165) is 51.2 Å². The number of aromatic nitrogens is 2. The normalized spacial score (nSPS) is 21.2. The predicted octanol–water partition coefficient (Wildman–Crippen LogP) is 2.97. The molecule has 0 radical (unpaired) electrons. The van der Waals surface area contributed by atoms with Gasteiger partial charge < -0.3 is 15.1 Å². The van der Waals surface area contributed by atoms with Gasteiger partial charge in [0.05, 0.1) is 11.2 Å². The molecule has 3 rings (SSSR count). The van der Waals surface area contributed by atoms with Gasteiger partial charge in [0.2, 0.25) is 5.95 Å². The van der Waals surface area contributed by atoms with Crippen molar-refractivity contribution in [3.8, 4) is 0 Å². The summed E-state index contributed by atoms with van der Waals surface area (Å²) in [5, 5.41) is 3.27.